The number of aromatic nitrogens is 2. The number of allylic oxidation sites excluding steroid dienone is 1. The number of carbonyl (C=O) groups is 2. The molecule has 1 aliphatic heterocycles. The Morgan fingerprint density at radius 2 is 2.03 bits per heavy atom. The second-order valence-corrected chi connectivity index (χ2v) is 8.68. The first kappa shape index (κ1) is 22.2. The summed E-state index contributed by atoms with van der Waals surface area (Å²) < 4.78 is 30.1. The Balaban J connectivity index is 1.42. The molecule has 0 unspecified atom stereocenters. The highest BCUT2D eigenvalue weighted by Crippen LogP contribution is 2.52. The van der Waals surface area contributed by atoms with Crippen LogP contribution >= 0.6 is 11.6 Å². The first-order valence-electron chi connectivity index (χ1n) is 10.6. The van der Waals surface area contributed by atoms with E-state index in [0.717, 1.165) is 0 Å². The molecular formula is C24H21ClFN3O5. The fraction of sp³-hybridized carbons (Fsp3) is 0.292. The molecule has 10 heteroatoms. The lowest BCUT2D eigenvalue weighted by atomic mass is 9.74. The van der Waals surface area contributed by atoms with Crippen molar-refractivity contribution in [3.8, 4) is 17.2 Å². The van der Waals surface area contributed by atoms with Crippen LogP contribution in [0.25, 0.3) is 11.0 Å². The number of fused-ring (bicyclic) bond motifs is 2. The van der Waals surface area contributed by atoms with Crippen molar-refractivity contribution in [1.29, 1.82) is 0 Å². The Hall–Kier alpha value is -3.59. The molecule has 8 nitrogen and oxygen atoms in total. The van der Waals surface area contributed by atoms with Gasteiger partial charge in [-0.3, -0.25) is 9.59 Å². The molecule has 0 radical (unpaired) electrons. The van der Waals surface area contributed by atoms with Crippen LogP contribution < -0.4 is 19.5 Å². The van der Waals surface area contributed by atoms with Crippen LogP contribution in [0.5, 0.6) is 17.2 Å². The molecule has 2 N–H and O–H groups in total. The summed E-state index contributed by atoms with van der Waals surface area (Å²) in [7, 11) is 2.86. The van der Waals surface area contributed by atoms with Crippen LogP contribution in [0.2, 0.25) is 5.02 Å². The second kappa shape index (κ2) is 8.02. The largest absolute Gasteiger partial charge is 0.496 e. The zero-order valence-electron chi connectivity index (χ0n) is 18.6. The summed E-state index contributed by atoms with van der Waals surface area (Å²) in [6.07, 6.45) is 1.75. The Kier molecular flexibility index (Phi) is 5.24. The number of methoxy groups -OCH3 is 2. The summed E-state index contributed by atoms with van der Waals surface area (Å²) in [5.41, 5.74) is 0.267. The molecule has 176 valence electrons. The molecule has 0 fully saturated rings. The van der Waals surface area contributed by atoms with Crippen LogP contribution in [0.4, 0.5) is 4.39 Å². The van der Waals surface area contributed by atoms with E-state index >= 15 is 0 Å². The van der Waals surface area contributed by atoms with Gasteiger partial charge in [0, 0.05) is 23.8 Å². The van der Waals surface area contributed by atoms with Gasteiger partial charge in [0.2, 0.25) is 17.2 Å². The molecule has 0 bridgehead atoms. The predicted octanol–water partition coefficient (Wildman–Crippen LogP) is 3.97. The molecule has 34 heavy (non-hydrogen) atoms. The van der Waals surface area contributed by atoms with Crippen molar-refractivity contribution in [1.82, 2.24) is 15.3 Å². The van der Waals surface area contributed by atoms with E-state index in [9.17, 15) is 14.0 Å². The number of ether oxygens (including phenoxy) is 3. The second-order valence-electron chi connectivity index (χ2n) is 8.30. The van der Waals surface area contributed by atoms with Crippen LogP contribution in [0, 0.1) is 11.7 Å². The molecule has 2 atom stereocenters. The number of Topliss-reactive ketones (excluding diaryl/α,β-unsaturated/α-hetero) is 1. The van der Waals surface area contributed by atoms with Gasteiger partial charge in [0.25, 0.3) is 0 Å². The molecule has 2 aliphatic rings. The van der Waals surface area contributed by atoms with Crippen molar-refractivity contribution in [3.63, 3.8) is 0 Å². The minimum Gasteiger partial charge on any atom is -0.496 e. The molecule has 0 saturated heterocycles. The summed E-state index contributed by atoms with van der Waals surface area (Å²) in [6, 6.07) is 5.81. The van der Waals surface area contributed by atoms with Gasteiger partial charge in [-0.15, -0.1) is 0 Å². The Bertz CT molecular complexity index is 1380. The molecule has 0 saturated carbocycles. The van der Waals surface area contributed by atoms with Crippen LogP contribution in [0.1, 0.15) is 29.5 Å². The summed E-state index contributed by atoms with van der Waals surface area (Å²) in [5.74, 6) is -0.645. The number of ketones is 2. The van der Waals surface area contributed by atoms with Crippen LogP contribution in [-0.4, -0.2) is 41.4 Å². The number of hydrogen-bond donors (Lipinski definition) is 2. The van der Waals surface area contributed by atoms with Gasteiger partial charge in [0.1, 0.15) is 33.7 Å². The molecule has 0 amide bonds. The van der Waals surface area contributed by atoms with Gasteiger partial charge in [-0.2, -0.15) is 0 Å². The van der Waals surface area contributed by atoms with E-state index in [4.69, 9.17) is 25.8 Å². The third kappa shape index (κ3) is 3.22. The van der Waals surface area contributed by atoms with Gasteiger partial charge >= 0.3 is 0 Å². The minimum atomic E-state index is -1.73. The van der Waals surface area contributed by atoms with E-state index in [1.165, 1.54) is 38.5 Å². The number of imidazole rings is 1. The molecule has 2 aromatic carbocycles. The fourth-order valence-electron chi connectivity index (χ4n) is 4.57. The maximum atomic E-state index is 13.5. The Labute approximate surface area is 199 Å². The lowest BCUT2D eigenvalue weighted by molar-refractivity contribution is -0.129. The van der Waals surface area contributed by atoms with E-state index in [1.807, 2.05) is 0 Å². The highest BCUT2D eigenvalue weighted by Gasteiger charge is 2.60. The third-order valence-corrected chi connectivity index (χ3v) is 6.64. The van der Waals surface area contributed by atoms with Gasteiger partial charge in [0.05, 0.1) is 31.8 Å². The maximum Gasteiger partial charge on any atom is 0.236 e. The fourth-order valence-corrected chi connectivity index (χ4v) is 4.83. The van der Waals surface area contributed by atoms with Gasteiger partial charge < -0.3 is 24.5 Å². The van der Waals surface area contributed by atoms with Crippen LogP contribution in [-0.2, 0) is 11.3 Å². The molecule has 3 aromatic rings. The van der Waals surface area contributed by atoms with Crippen LogP contribution in [0.15, 0.2) is 36.0 Å². The smallest absolute Gasteiger partial charge is 0.236 e. The van der Waals surface area contributed by atoms with Gasteiger partial charge in [-0.25, -0.2) is 9.37 Å². The van der Waals surface area contributed by atoms with Crippen LogP contribution in [0.3, 0.4) is 0 Å². The lowest BCUT2D eigenvalue weighted by Crippen LogP contribution is -2.55. The maximum absolute atomic E-state index is 13.5. The summed E-state index contributed by atoms with van der Waals surface area (Å²) >= 11 is 6.41. The van der Waals surface area contributed by atoms with E-state index in [-0.39, 0.29) is 33.7 Å². The molecule has 2 heterocycles. The molecule has 1 aliphatic carbocycles. The summed E-state index contributed by atoms with van der Waals surface area (Å²) in [4.78, 5) is 34.3. The van der Waals surface area contributed by atoms with Crippen molar-refractivity contribution < 1.29 is 28.2 Å². The highest BCUT2D eigenvalue weighted by molar-refractivity contribution is 6.36. The number of hydrogen-bond acceptors (Lipinski definition) is 7. The predicted molar refractivity (Wildman–Crippen MR) is 122 cm³/mol. The zero-order chi connectivity index (χ0) is 24.2. The lowest BCUT2D eigenvalue weighted by Gasteiger charge is -2.35. The third-order valence-electron chi connectivity index (χ3n) is 6.29. The van der Waals surface area contributed by atoms with E-state index in [0.29, 0.717) is 35.5 Å². The molecule has 5 rings (SSSR count). The van der Waals surface area contributed by atoms with E-state index < -0.39 is 23.1 Å². The number of benzene rings is 2. The first-order chi connectivity index (χ1) is 16.3. The van der Waals surface area contributed by atoms with E-state index in [1.54, 1.807) is 13.0 Å². The molecular weight excluding hydrogens is 465 g/mol. The van der Waals surface area contributed by atoms with Crippen molar-refractivity contribution >= 4 is 34.2 Å². The highest BCUT2D eigenvalue weighted by atomic mass is 35.5. The number of halogens is 2. The van der Waals surface area contributed by atoms with Crippen molar-refractivity contribution in [2.24, 2.45) is 5.92 Å². The number of aromatic amines is 1. The number of carbonyl (C=O) groups excluding carboxylic acids is 2. The monoisotopic (exact) mass is 485 g/mol. The quantitative estimate of drug-likeness (QED) is 0.527. The number of nitrogens with zero attached hydrogens (tertiary/aromatic N) is 1. The Morgan fingerprint density at radius 3 is 2.74 bits per heavy atom. The SMILES string of the molecule is COc1cc(OC)c2c(c1Cl)O[C@@]1(C(=O)C=C(NCc3nc4ccc(F)cc4[nH]3)C[C@H]1C)C2=O. The van der Waals surface area contributed by atoms with Gasteiger partial charge in [0.15, 0.2) is 5.75 Å². The molecule has 1 aromatic heterocycles. The first-order valence-corrected chi connectivity index (χ1v) is 11.0. The normalized spacial score (nSPS) is 21.4. The minimum absolute atomic E-state index is 0.0855. The van der Waals surface area contributed by atoms with Crippen molar-refractivity contribution in [2.45, 2.75) is 25.5 Å². The van der Waals surface area contributed by atoms with Gasteiger partial charge in [-0.1, -0.05) is 18.5 Å². The zero-order valence-corrected chi connectivity index (χ0v) is 19.4. The number of rotatable bonds is 5. The summed E-state index contributed by atoms with van der Waals surface area (Å²) in [6.45, 7) is 2.07. The standard InChI is InChI=1S/C24H21ClFN3O5/c1-11-6-13(27-10-19-28-14-5-4-12(26)7-15(14)29-19)8-18(30)24(11)23(31)20-16(32-2)9-17(33-3)21(25)22(20)34-24/h4-5,7-9,11,27H,6,10H2,1-3H3,(H,28,29)/t11-,24+/m1/s1. The van der Waals surface area contributed by atoms with Crippen molar-refractivity contribution in [2.75, 3.05) is 14.2 Å². The average molecular weight is 486 g/mol. The van der Waals surface area contributed by atoms with Crippen molar-refractivity contribution in [3.05, 3.63) is 58.3 Å². The average Bonchev–Trinajstić information content (AvgIpc) is 3.36. The number of H-pyrrole nitrogens is 1. The number of nitrogens with one attached hydrogen (secondary N) is 2. The Morgan fingerprint density at radius 1 is 1.26 bits per heavy atom. The summed E-state index contributed by atoms with van der Waals surface area (Å²) in [5, 5.41) is 3.29. The van der Waals surface area contributed by atoms with E-state index in [2.05, 4.69) is 15.3 Å². The van der Waals surface area contributed by atoms with Gasteiger partial charge in [-0.05, 0) is 24.6 Å². The molecule has 1 spiro atoms. The topological polar surface area (TPSA) is 103 Å².